The van der Waals surface area contributed by atoms with Gasteiger partial charge in [0, 0.05) is 10.5 Å². The van der Waals surface area contributed by atoms with Gasteiger partial charge in [-0.1, -0.05) is 43.7 Å². The zero-order chi connectivity index (χ0) is 19.3. The summed E-state index contributed by atoms with van der Waals surface area (Å²) in [6.07, 6.45) is 0.387. The first-order valence-electron chi connectivity index (χ1n) is 6.92. The van der Waals surface area contributed by atoms with E-state index in [0.717, 1.165) is 0 Å². The van der Waals surface area contributed by atoms with Crippen molar-refractivity contribution in [2.24, 2.45) is 0 Å². The number of halogens is 6. The van der Waals surface area contributed by atoms with E-state index in [4.69, 9.17) is 0 Å². The van der Waals surface area contributed by atoms with Gasteiger partial charge in [-0.05, 0) is 24.6 Å². The number of hydrogen-bond donors (Lipinski definition) is 0. The van der Waals surface area contributed by atoms with Crippen LogP contribution in [0.4, 0.5) is 26.3 Å². The van der Waals surface area contributed by atoms with Crippen LogP contribution in [0.2, 0.25) is 0 Å². The molecule has 0 unspecified atom stereocenters. The van der Waals surface area contributed by atoms with Crippen LogP contribution in [0.3, 0.4) is 0 Å². The lowest BCUT2D eigenvalue weighted by Crippen LogP contribution is -2.25. The Balaban J connectivity index is 3.49. The molecule has 0 spiro atoms. The molecule has 0 radical (unpaired) electrons. The fourth-order valence-corrected chi connectivity index (χ4v) is 3.03. The topological polar surface area (TPSA) is 43.4 Å². The second kappa shape index (κ2) is 8.35. The highest BCUT2D eigenvalue weighted by molar-refractivity contribution is 8.04. The van der Waals surface area contributed by atoms with Gasteiger partial charge in [0.15, 0.2) is 5.76 Å². The molecule has 1 rings (SSSR count). The Hall–Kier alpha value is -1.36. The molecule has 0 aliphatic rings. The SMILES string of the molecule is CCCC/C(SC(F)(F)F)=C(\OS(=O)(=O)C(F)(F)F)c1ccccc1. The van der Waals surface area contributed by atoms with Gasteiger partial charge in [-0.25, -0.2) is 0 Å². The van der Waals surface area contributed by atoms with E-state index in [1.807, 2.05) is 0 Å². The van der Waals surface area contributed by atoms with Gasteiger partial charge < -0.3 is 4.18 Å². The molecule has 3 nitrogen and oxygen atoms in total. The third kappa shape index (κ3) is 6.81. The molecule has 0 aliphatic heterocycles. The Morgan fingerprint density at radius 2 is 1.64 bits per heavy atom. The zero-order valence-electron chi connectivity index (χ0n) is 12.8. The number of alkyl halides is 6. The highest BCUT2D eigenvalue weighted by Gasteiger charge is 2.49. The molecule has 0 aliphatic carbocycles. The van der Waals surface area contributed by atoms with Crippen LogP contribution in [0.15, 0.2) is 35.2 Å². The van der Waals surface area contributed by atoms with E-state index in [1.54, 1.807) is 6.92 Å². The molecule has 11 heteroatoms. The van der Waals surface area contributed by atoms with E-state index in [9.17, 15) is 34.8 Å². The van der Waals surface area contributed by atoms with Crippen LogP contribution in [-0.4, -0.2) is 19.4 Å². The highest BCUT2D eigenvalue weighted by atomic mass is 32.2. The van der Waals surface area contributed by atoms with Gasteiger partial charge in [-0.3, -0.25) is 0 Å². The van der Waals surface area contributed by atoms with Crippen molar-refractivity contribution in [1.82, 2.24) is 0 Å². The normalized spacial score (nSPS) is 14.2. The lowest BCUT2D eigenvalue weighted by molar-refractivity contribution is -0.0509. The number of hydrogen-bond acceptors (Lipinski definition) is 4. The predicted octanol–water partition coefficient (Wildman–Crippen LogP) is 5.66. The van der Waals surface area contributed by atoms with Gasteiger partial charge in [-0.2, -0.15) is 34.8 Å². The van der Waals surface area contributed by atoms with Gasteiger partial charge in [0.05, 0.1) is 0 Å². The number of thioether (sulfide) groups is 1. The molecule has 1 aromatic carbocycles. The van der Waals surface area contributed by atoms with Gasteiger partial charge in [0.1, 0.15) is 0 Å². The van der Waals surface area contributed by atoms with Gasteiger partial charge in [-0.15, -0.1) is 0 Å². The van der Waals surface area contributed by atoms with Gasteiger partial charge in [0.25, 0.3) is 0 Å². The number of rotatable bonds is 7. The molecule has 0 N–H and O–H groups in total. The molecule has 0 saturated heterocycles. The quantitative estimate of drug-likeness (QED) is 0.253. The smallest absolute Gasteiger partial charge is 0.375 e. The third-order valence-corrected chi connectivity index (χ3v) is 4.58. The summed E-state index contributed by atoms with van der Waals surface area (Å²) in [5.74, 6) is -0.964. The summed E-state index contributed by atoms with van der Waals surface area (Å²) in [6, 6.07) is 6.50. The molecule has 1 aromatic rings. The number of unbranched alkanes of at least 4 members (excludes halogenated alkanes) is 1. The van der Waals surface area contributed by atoms with Gasteiger partial charge >= 0.3 is 21.1 Å². The minimum atomic E-state index is -6.11. The fraction of sp³-hybridized carbons (Fsp3) is 0.429. The first-order chi connectivity index (χ1) is 11.4. The van der Waals surface area contributed by atoms with Crippen LogP contribution < -0.4 is 0 Å². The van der Waals surface area contributed by atoms with E-state index in [2.05, 4.69) is 4.18 Å². The first-order valence-corrected chi connectivity index (χ1v) is 9.15. The predicted molar refractivity (Wildman–Crippen MR) is 82.6 cm³/mol. The third-order valence-electron chi connectivity index (χ3n) is 2.76. The molecule has 142 valence electrons. The van der Waals surface area contributed by atoms with Gasteiger partial charge in [0.2, 0.25) is 0 Å². The summed E-state index contributed by atoms with van der Waals surface area (Å²) >= 11 is -0.681. The second-order valence-corrected chi connectivity index (χ2v) is 7.45. The summed E-state index contributed by atoms with van der Waals surface area (Å²) < 4.78 is 103. The van der Waals surface area contributed by atoms with Crippen molar-refractivity contribution >= 4 is 27.6 Å². The molecule has 0 fully saturated rings. The Morgan fingerprint density at radius 3 is 2.08 bits per heavy atom. The van der Waals surface area contributed by atoms with Crippen LogP contribution in [0, 0.1) is 0 Å². The molecule has 0 bridgehead atoms. The largest absolute Gasteiger partial charge is 0.534 e. The monoisotopic (exact) mass is 408 g/mol. The maximum atomic E-state index is 12.8. The second-order valence-electron chi connectivity index (χ2n) is 4.75. The molecular formula is C14H14F6O3S2. The molecule has 0 amide bonds. The van der Waals surface area contributed by atoms with E-state index in [0.29, 0.717) is 6.42 Å². The van der Waals surface area contributed by atoms with Crippen molar-refractivity contribution in [3.05, 3.63) is 40.8 Å². The minimum Gasteiger partial charge on any atom is -0.375 e. The average molecular weight is 408 g/mol. The van der Waals surface area contributed by atoms with E-state index in [-0.39, 0.29) is 18.4 Å². The Morgan fingerprint density at radius 1 is 1.08 bits per heavy atom. The summed E-state index contributed by atoms with van der Waals surface area (Å²) in [4.78, 5) is -0.631. The molecule has 0 aromatic heterocycles. The molecule has 25 heavy (non-hydrogen) atoms. The zero-order valence-corrected chi connectivity index (χ0v) is 14.5. The van der Waals surface area contributed by atoms with E-state index >= 15 is 0 Å². The van der Waals surface area contributed by atoms with Crippen molar-refractivity contribution in [1.29, 1.82) is 0 Å². The Bertz CT molecular complexity index is 694. The molecule has 0 atom stereocenters. The Labute approximate surface area is 145 Å². The maximum absolute atomic E-state index is 12.8. The standard InChI is InChI=1S/C14H14F6O3S2/c1-2-3-9-11(24-13(15,16)17)12(10-7-5-4-6-8-10)23-25(21,22)14(18,19)20/h4-8H,2-3,9H2,1H3/b12-11+. The number of benzene rings is 1. The van der Waals surface area contributed by atoms with Crippen molar-refractivity contribution < 1.29 is 38.9 Å². The van der Waals surface area contributed by atoms with Crippen LogP contribution in [0.5, 0.6) is 0 Å². The fourth-order valence-electron chi connectivity index (χ4n) is 1.69. The van der Waals surface area contributed by atoms with Crippen LogP contribution in [0.25, 0.3) is 5.76 Å². The first kappa shape index (κ1) is 21.7. The van der Waals surface area contributed by atoms with Crippen molar-refractivity contribution in [3.8, 4) is 0 Å². The minimum absolute atomic E-state index is 0.196. The molecule has 0 saturated carbocycles. The molecule has 0 heterocycles. The number of allylic oxidation sites excluding steroid dienone is 1. The lowest BCUT2D eigenvalue weighted by Gasteiger charge is -2.18. The maximum Gasteiger partial charge on any atom is 0.534 e. The van der Waals surface area contributed by atoms with Crippen LogP contribution >= 0.6 is 11.8 Å². The van der Waals surface area contributed by atoms with Crippen molar-refractivity contribution in [2.45, 2.75) is 37.2 Å². The lowest BCUT2D eigenvalue weighted by atomic mass is 10.1. The van der Waals surface area contributed by atoms with Crippen molar-refractivity contribution in [2.75, 3.05) is 0 Å². The highest BCUT2D eigenvalue weighted by Crippen LogP contribution is 2.43. The summed E-state index contributed by atoms with van der Waals surface area (Å²) in [5, 5.41) is 0. The van der Waals surface area contributed by atoms with Crippen LogP contribution in [0.1, 0.15) is 31.7 Å². The van der Waals surface area contributed by atoms with Crippen LogP contribution in [-0.2, 0) is 14.3 Å². The summed E-state index contributed by atoms with van der Waals surface area (Å²) in [6.45, 7) is 1.67. The average Bonchev–Trinajstić information content (AvgIpc) is 2.48. The van der Waals surface area contributed by atoms with E-state index in [1.165, 1.54) is 30.3 Å². The van der Waals surface area contributed by atoms with Crippen molar-refractivity contribution in [3.63, 3.8) is 0 Å². The molecular weight excluding hydrogens is 394 g/mol. The summed E-state index contributed by atoms with van der Waals surface area (Å²) in [7, 11) is -6.11. The van der Waals surface area contributed by atoms with E-state index < -0.39 is 43.6 Å². The summed E-state index contributed by atoms with van der Waals surface area (Å²) in [5.41, 5.74) is -10.8. The Kier molecular flexibility index (Phi) is 7.24.